The van der Waals surface area contributed by atoms with E-state index >= 15 is 0 Å². The van der Waals surface area contributed by atoms with E-state index in [1.807, 2.05) is 0 Å². The van der Waals surface area contributed by atoms with Crippen LogP contribution in [-0.4, -0.2) is 40.6 Å². The van der Waals surface area contributed by atoms with Crippen LogP contribution in [0.25, 0.3) is 0 Å². The number of rotatable bonds is 2. The number of aromatic nitrogens is 2. The number of hydrogen-bond acceptors (Lipinski definition) is 3. The molecule has 2 bridgehead atoms. The molecule has 0 spiro atoms. The lowest BCUT2D eigenvalue weighted by molar-refractivity contribution is 0.0543. The van der Waals surface area contributed by atoms with Gasteiger partial charge in [-0.2, -0.15) is 0 Å². The predicted molar refractivity (Wildman–Crippen MR) is 77.8 cm³/mol. The molecule has 1 atom stereocenters. The van der Waals surface area contributed by atoms with E-state index in [1.54, 1.807) is 5.69 Å². The van der Waals surface area contributed by atoms with Crippen molar-refractivity contribution >= 4 is 0 Å². The number of fused-ring (bicyclic) bond motifs is 4. The fourth-order valence-electron chi connectivity index (χ4n) is 4.58. The highest BCUT2D eigenvalue weighted by Gasteiger charge is 2.40. The molecule has 5 aliphatic rings. The second kappa shape index (κ2) is 4.31. The highest BCUT2D eigenvalue weighted by Crippen LogP contribution is 2.45. The van der Waals surface area contributed by atoms with Gasteiger partial charge in [0.2, 0.25) is 0 Å². The van der Waals surface area contributed by atoms with Gasteiger partial charge < -0.3 is 14.8 Å². The predicted octanol–water partition coefficient (Wildman–Crippen LogP) is 1.67. The van der Waals surface area contributed by atoms with E-state index in [0.29, 0.717) is 0 Å². The van der Waals surface area contributed by atoms with Crippen LogP contribution in [0.2, 0.25) is 0 Å². The molecule has 4 fully saturated rings. The van der Waals surface area contributed by atoms with E-state index in [0.717, 1.165) is 31.0 Å². The Balaban J connectivity index is 1.59. The third kappa shape index (κ3) is 1.70. The number of nitrogens with one attached hydrogen (secondary N) is 1. The van der Waals surface area contributed by atoms with Crippen LogP contribution < -0.4 is 5.32 Å². The molecule has 108 valence electrons. The lowest BCUT2D eigenvalue weighted by atomic mass is 9.83. The van der Waals surface area contributed by atoms with Crippen molar-refractivity contribution < 1.29 is 0 Å². The monoisotopic (exact) mass is 272 g/mol. The van der Waals surface area contributed by atoms with Gasteiger partial charge in [-0.15, -0.1) is 0 Å². The number of piperidine rings is 3. The molecule has 0 amide bonds. The molecule has 1 N–H and O–H groups in total. The van der Waals surface area contributed by atoms with E-state index in [9.17, 15) is 0 Å². The quantitative estimate of drug-likeness (QED) is 0.889. The maximum absolute atomic E-state index is 5.05. The van der Waals surface area contributed by atoms with Crippen LogP contribution in [0.5, 0.6) is 0 Å². The lowest BCUT2D eigenvalue weighted by Gasteiger charge is -2.46. The Morgan fingerprint density at radius 2 is 1.95 bits per heavy atom. The minimum Gasteiger partial charge on any atom is -0.327 e. The number of nitrogens with zero attached hydrogens (tertiary/aromatic N) is 3. The van der Waals surface area contributed by atoms with Gasteiger partial charge in [0.25, 0.3) is 0 Å². The lowest BCUT2D eigenvalue weighted by Crippen LogP contribution is -2.48. The van der Waals surface area contributed by atoms with Gasteiger partial charge in [-0.1, -0.05) is 0 Å². The Bertz CT molecular complexity index is 523. The molecule has 1 aliphatic carbocycles. The summed E-state index contributed by atoms with van der Waals surface area (Å²) in [7, 11) is 0. The molecule has 0 aromatic carbocycles. The van der Waals surface area contributed by atoms with Crippen molar-refractivity contribution in [3.8, 4) is 0 Å². The Kier molecular flexibility index (Phi) is 2.53. The van der Waals surface area contributed by atoms with E-state index in [1.165, 1.54) is 63.3 Å². The molecular weight excluding hydrogens is 248 g/mol. The Morgan fingerprint density at radius 3 is 2.65 bits per heavy atom. The first-order valence-corrected chi connectivity index (χ1v) is 8.43. The summed E-state index contributed by atoms with van der Waals surface area (Å²) in [4.78, 5) is 7.73. The van der Waals surface area contributed by atoms with Crippen LogP contribution in [0.15, 0.2) is 0 Å². The SMILES string of the molecule is C1Cc2c(nc(C3CC3)n2C2CN3CCC2CC3)CN1. The zero-order chi connectivity index (χ0) is 13.1. The number of imidazole rings is 1. The highest BCUT2D eigenvalue weighted by atomic mass is 15.2. The third-order valence-electron chi connectivity index (χ3n) is 5.85. The van der Waals surface area contributed by atoms with Gasteiger partial charge in [0.1, 0.15) is 5.82 Å². The Hall–Kier alpha value is -0.870. The van der Waals surface area contributed by atoms with Gasteiger partial charge in [-0.25, -0.2) is 4.98 Å². The van der Waals surface area contributed by atoms with Crippen LogP contribution in [0.1, 0.15) is 54.9 Å². The number of hydrogen-bond donors (Lipinski definition) is 1. The first-order chi connectivity index (χ1) is 9.90. The van der Waals surface area contributed by atoms with Gasteiger partial charge >= 0.3 is 0 Å². The largest absolute Gasteiger partial charge is 0.327 e. The van der Waals surface area contributed by atoms with Gasteiger partial charge in [0.15, 0.2) is 0 Å². The third-order valence-corrected chi connectivity index (χ3v) is 5.85. The smallest absolute Gasteiger partial charge is 0.112 e. The zero-order valence-corrected chi connectivity index (χ0v) is 12.1. The minimum atomic E-state index is 0.724. The first-order valence-electron chi connectivity index (χ1n) is 8.43. The highest BCUT2D eigenvalue weighted by molar-refractivity contribution is 5.25. The van der Waals surface area contributed by atoms with E-state index in [4.69, 9.17) is 4.98 Å². The molecule has 6 rings (SSSR count). The maximum atomic E-state index is 5.05. The van der Waals surface area contributed by atoms with Crippen LogP contribution in [-0.2, 0) is 13.0 Å². The topological polar surface area (TPSA) is 33.1 Å². The van der Waals surface area contributed by atoms with Crippen molar-refractivity contribution in [1.29, 1.82) is 0 Å². The second-order valence-electron chi connectivity index (χ2n) is 7.14. The molecule has 0 radical (unpaired) electrons. The van der Waals surface area contributed by atoms with Gasteiger partial charge in [0, 0.05) is 37.7 Å². The minimum absolute atomic E-state index is 0.724. The Morgan fingerprint density at radius 1 is 1.10 bits per heavy atom. The van der Waals surface area contributed by atoms with Crippen LogP contribution >= 0.6 is 0 Å². The van der Waals surface area contributed by atoms with Crippen LogP contribution in [0.3, 0.4) is 0 Å². The molecule has 1 aromatic rings. The van der Waals surface area contributed by atoms with Gasteiger partial charge in [0.05, 0.1) is 11.7 Å². The Labute approximate surface area is 120 Å². The summed E-state index contributed by atoms with van der Waals surface area (Å²) in [5, 5.41) is 3.49. The van der Waals surface area contributed by atoms with Crippen molar-refractivity contribution in [2.45, 2.75) is 50.6 Å². The maximum Gasteiger partial charge on any atom is 0.112 e. The van der Waals surface area contributed by atoms with Crippen molar-refractivity contribution in [2.24, 2.45) is 5.92 Å². The summed E-state index contributed by atoms with van der Waals surface area (Å²) in [6.07, 6.45) is 6.72. The van der Waals surface area contributed by atoms with Crippen LogP contribution in [0, 0.1) is 5.92 Å². The molecule has 1 unspecified atom stereocenters. The summed E-state index contributed by atoms with van der Waals surface area (Å²) >= 11 is 0. The summed E-state index contributed by atoms with van der Waals surface area (Å²) < 4.78 is 2.73. The molecule has 5 heterocycles. The van der Waals surface area contributed by atoms with Crippen molar-refractivity contribution in [2.75, 3.05) is 26.2 Å². The van der Waals surface area contributed by atoms with Crippen molar-refractivity contribution in [3.05, 3.63) is 17.2 Å². The second-order valence-corrected chi connectivity index (χ2v) is 7.14. The molecular formula is C16H24N4. The van der Waals surface area contributed by atoms with Gasteiger partial charge in [-0.05, 0) is 44.7 Å². The normalized spacial score (nSPS) is 36.1. The summed E-state index contributed by atoms with van der Waals surface area (Å²) in [5.74, 6) is 3.12. The van der Waals surface area contributed by atoms with Crippen molar-refractivity contribution in [1.82, 2.24) is 19.8 Å². The summed E-state index contributed by atoms with van der Waals surface area (Å²) in [5.41, 5.74) is 2.93. The molecule has 4 nitrogen and oxygen atoms in total. The van der Waals surface area contributed by atoms with Crippen molar-refractivity contribution in [3.63, 3.8) is 0 Å². The molecule has 1 aromatic heterocycles. The fourth-order valence-corrected chi connectivity index (χ4v) is 4.58. The fraction of sp³-hybridized carbons (Fsp3) is 0.812. The summed E-state index contributed by atoms with van der Waals surface area (Å²) in [6, 6.07) is 0.724. The molecule has 1 saturated carbocycles. The van der Waals surface area contributed by atoms with E-state index in [2.05, 4.69) is 14.8 Å². The molecule has 4 heteroatoms. The average Bonchev–Trinajstić information content (AvgIpc) is 3.28. The molecule has 20 heavy (non-hydrogen) atoms. The standard InChI is InChI=1S/C16H24N4/c1-2-12(1)16-18-13-9-17-6-3-14(13)20(16)15-10-19-7-4-11(15)5-8-19/h11-12,15,17H,1-10H2. The molecule has 3 saturated heterocycles. The van der Waals surface area contributed by atoms with E-state index in [-0.39, 0.29) is 0 Å². The first kappa shape index (κ1) is 11.8. The van der Waals surface area contributed by atoms with E-state index < -0.39 is 0 Å². The average molecular weight is 272 g/mol. The molecule has 4 aliphatic heterocycles. The van der Waals surface area contributed by atoms with Crippen LogP contribution in [0.4, 0.5) is 0 Å². The van der Waals surface area contributed by atoms with Gasteiger partial charge in [-0.3, -0.25) is 0 Å². The zero-order valence-electron chi connectivity index (χ0n) is 12.1. The summed E-state index contributed by atoms with van der Waals surface area (Å²) in [6.45, 7) is 6.06.